The zero-order valence-electron chi connectivity index (χ0n) is 8.68. The van der Waals surface area contributed by atoms with Gasteiger partial charge in [-0.05, 0) is 18.6 Å². The molecule has 1 aromatic heterocycles. The summed E-state index contributed by atoms with van der Waals surface area (Å²) in [6.07, 6.45) is 2.44. The number of hydrogen-bond donors (Lipinski definition) is 1. The minimum atomic E-state index is -4.15. The zero-order valence-corrected chi connectivity index (χ0v) is 10.3. The van der Waals surface area contributed by atoms with E-state index in [1.54, 1.807) is 0 Å². The fourth-order valence-corrected chi connectivity index (χ4v) is 2.67. The molecular weight excluding hydrogens is 270 g/mol. The van der Waals surface area contributed by atoms with E-state index >= 15 is 0 Å². The van der Waals surface area contributed by atoms with Gasteiger partial charge in [-0.15, -0.1) is 0 Å². The Morgan fingerprint density at radius 2 is 1.94 bits per heavy atom. The highest BCUT2D eigenvalue weighted by molar-refractivity contribution is 7.87. The molecule has 0 spiro atoms. The van der Waals surface area contributed by atoms with Crippen LogP contribution in [0.25, 0.3) is 0 Å². The van der Waals surface area contributed by atoms with Crippen LogP contribution in [-0.2, 0) is 20.2 Å². The lowest BCUT2D eigenvalue weighted by Crippen LogP contribution is -2.17. The molecule has 0 saturated heterocycles. The van der Waals surface area contributed by atoms with E-state index in [0.29, 0.717) is 0 Å². The topological polar surface area (TPSA) is 111 Å². The smallest absolute Gasteiger partial charge is 0.309 e. The average Bonchev–Trinajstić information content (AvgIpc) is 2.15. The van der Waals surface area contributed by atoms with Crippen molar-refractivity contribution in [3.05, 3.63) is 24.5 Å². The van der Waals surface area contributed by atoms with Crippen LogP contribution in [0, 0.1) is 0 Å². The van der Waals surface area contributed by atoms with Crippen molar-refractivity contribution >= 4 is 20.2 Å². The molecule has 1 aromatic rings. The number of pyridine rings is 1. The summed E-state index contributed by atoms with van der Waals surface area (Å²) in [6, 6.07) is 2.91. The van der Waals surface area contributed by atoms with Gasteiger partial charge in [-0.1, -0.05) is 0 Å². The van der Waals surface area contributed by atoms with Gasteiger partial charge in [0.05, 0.1) is 17.7 Å². The summed E-state index contributed by atoms with van der Waals surface area (Å²) in [5.74, 6) is -1.07. The molecule has 7 nitrogen and oxygen atoms in total. The summed E-state index contributed by atoms with van der Waals surface area (Å²) in [7, 11) is -8.02. The second-order valence-electron chi connectivity index (χ2n) is 3.17. The maximum atomic E-state index is 11.4. The van der Waals surface area contributed by atoms with Crippen molar-refractivity contribution in [2.75, 3.05) is 11.5 Å². The fraction of sp³-hybridized carbons (Fsp3) is 0.375. The van der Waals surface area contributed by atoms with Crippen LogP contribution in [0.5, 0.6) is 5.75 Å². The summed E-state index contributed by atoms with van der Waals surface area (Å²) < 4.78 is 56.6. The second kappa shape index (κ2) is 5.43. The Kier molecular flexibility index (Phi) is 4.43. The molecule has 1 heterocycles. The van der Waals surface area contributed by atoms with Crippen molar-refractivity contribution in [1.82, 2.24) is 4.98 Å². The summed E-state index contributed by atoms with van der Waals surface area (Å²) >= 11 is 0. The lowest BCUT2D eigenvalue weighted by molar-refractivity contribution is 0.477. The first-order chi connectivity index (χ1) is 7.79. The third kappa shape index (κ3) is 6.19. The number of rotatable bonds is 6. The van der Waals surface area contributed by atoms with E-state index in [9.17, 15) is 16.8 Å². The van der Waals surface area contributed by atoms with Crippen LogP contribution in [0.2, 0.25) is 0 Å². The van der Waals surface area contributed by atoms with Gasteiger partial charge in [-0.25, -0.2) is 0 Å². The third-order valence-electron chi connectivity index (χ3n) is 1.65. The van der Waals surface area contributed by atoms with E-state index in [-0.39, 0.29) is 12.2 Å². The first-order valence-electron chi connectivity index (χ1n) is 4.56. The van der Waals surface area contributed by atoms with Crippen LogP contribution in [0.15, 0.2) is 24.5 Å². The minimum Gasteiger partial charge on any atom is -0.381 e. The Balaban J connectivity index is 2.53. The Labute approximate surface area is 99.3 Å². The molecule has 0 aliphatic carbocycles. The maximum absolute atomic E-state index is 11.4. The Bertz CT molecular complexity index is 551. The number of hydrogen-bond acceptors (Lipinski definition) is 6. The molecule has 1 N–H and O–H groups in total. The Hall–Kier alpha value is -1.19. The van der Waals surface area contributed by atoms with Gasteiger partial charge < -0.3 is 4.18 Å². The number of nitrogens with zero attached hydrogens (tertiary/aromatic N) is 1. The molecule has 1 rings (SSSR count). The molecule has 0 atom stereocenters. The van der Waals surface area contributed by atoms with E-state index in [1.165, 1.54) is 24.5 Å². The largest absolute Gasteiger partial charge is 0.381 e. The van der Waals surface area contributed by atoms with Crippen LogP contribution in [-0.4, -0.2) is 37.9 Å². The van der Waals surface area contributed by atoms with Gasteiger partial charge in [-0.2, -0.15) is 16.8 Å². The average molecular weight is 281 g/mol. The fourth-order valence-electron chi connectivity index (χ4n) is 1.00. The standard InChI is InChI=1S/C8H11NO6S2/c10-16(11,12)5-2-6-17(13,14)15-8-3-1-4-9-7-8/h1,3-4,7H,2,5-6H2,(H,10,11,12). The van der Waals surface area contributed by atoms with Crippen LogP contribution >= 0.6 is 0 Å². The molecule has 17 heavy (non-hydrogen) atoms. The van der Waals surface area contributed by atoms with Crippen molar-refractivity contribution in [3.63, 3.8) is 0 Å². The predicted molar refractivity (Wildman–Crippen MR) is 59.7 cm³/mol. The summed E-state index contributed by atoms with van der Waals surface area (Å²) in [5.41, 5.74) is 0. The van der Waals surface area contributed by atoms with Crippen molar-refractivity contribution < 1.29 is 25.6 Å². The lowest BCUT2D eigenvalue weighted by Gasteiger charge is -2.05. The maximum Gasteiger partial charge on any atom is 0.309 e. The number of aromatic nitrogens is 1. The highest BCUT2D eigenvalue weighted by atomic mass is 32.2. The Morgan fingerprint density at radius 3 is 2.47 bits per heavy atom. The van der Waals surface area contributed by atoms with Crippen LogP contribution in [0.1, 0.15) is 6.42 Å². The van der Waals surface area contributed by atoms with E-state index in [2.05, 4.69) is 9.17 Å². The van der Waals surface area contributed by atoms with Crippen molar-refractivity contribution in [2.24, 2.45) is 0 Å². The molecule has 0 amide bonds. The summed E-state index contributed by atoms with van der Waals surface area (Å²) in [6.45, 7) is 0. The highest BCUT2D eigenvalue weighted by Crippen LogP contribution is 2.10. The van der Waals surface area contributed by atoms with Gasteiger partial charge in [0.25, 0.3) is 10.1 Å². The molecule has 0 bridgehead atoms. The third-order valence-corrected chi connectivity index (χ3v) is 3.69. The second-order valence-corrected chi connectivity index (χ2v) is 6.44. The SMILES string of the molecule is O=S(=O)(O)CCCS(=O)(=O)Oc1cccnc1. The van der Waals surface area contributed by atoms with Crippen molar-refractivity contribution in [2.45, 2.75) is 6.42 Å². The van der Waals surface area contributed by atoms with Gasteiger partial charge in [0.1, 0.15) is 0 Å². The van der Waals surface area contributed by atoms with Gasteiger partial charge in [0.2, 0.25) is 0 Å². The molecule has 0 fully saturated rings. The van der Waals surface area contributed by atoms with Crippen molar-refractivity contribution in [3.8, 4) is 5.75 Å². The van der Waals surface area contributed by atoms with E-state index in [4.69, 9.17) is 4.55 Å². The van der Waals surface area contributed by atoms with Gasteiger partial charge in [0, 0.05) is 6.20 Å². The minimum absolute atomic E-state index is 0.0550. The monoisotopic (exact) mass is 281 g/mol. The molecule has 96 valence electrons. The molecule has 9 heteroatoms. The first kappa shape index (κ1) is 13.9. The molecule has 0 unspecified atom stereocenters. The quantitative estimate of drug-likeness (QED) is 0.580. The Morgan fingerprint density at radius 1 is 1.24 bits per heavy atom. The molecule has 0 aromatic carbocycles. The van der Waals surface area contributed by atoms with E-state index in [1.807, 2.05) is 0 Å². The van der Waals surface area contributed by atoms with E-state index < -0.39 is 31.7 Å². The van der Waals surface area contributed by atoms with Crippen LogP contribution in [0.3, 0.4) is 0 Å². The van der Waals surface area contributed by atoms with Gasteiger partial charge in [-0.3, -0.25) is 9.54 Å². The molecular formula is C8H11NO6S2. The zero-order chi connectivity index (χ0) is 12.9. The van der Waals surface area contributed by atoms with E-state index in [0.717, 1.165) is 0 Å². The molecule has 0 aliphatic heterocycles. The van der Waals surface area contributed by atoms with Gasteiger partial charge >= 0.3 is 10.1 Å². The van der Waals surface area contributed by atoms with Crippen LogP contribution in [0.4, 0.5) is 0 Å². The highest BCUT2D eigenvalue weighted by Gasteiger charge is 2.15. The molecule has 0 saturated carbocycles. The molecule has 0 radical (unpaired) electrons. The first-order valence-corrected chi connectivity index (χ1v) is 7.74. The summed E-state index contributed by atoms with van der Waals surface area (Å²) in [5, 5.41) is 0. The summed E-state index contributed by atoms with van der Waals surface area (Å²) in [4.78, 5) is 3.66. The molecule has 0 aliphatic rings. The van der Waals surface area contributed by atoms with Crippen molar-refractivity contribution in [1.29, 1.82) is 0 Å². The normalized spacial score (nSPS) is 12.3. The van der Waals surface area contributed by atoms with Gasteiger partial charge in [0.15, 0.2) is 5.75 Å². The predicted octanol–water partition coefficient (Wildman–Crippen LogP) is 0.0681. The van der Waals surface area contributed by atoms with Crippen LogP contribution < -0.4 is 4.18 Å². The lowest BCUT2D eigenvalue weighted by atomic mass is 10.5.